The lowest BCUT2D eigenvalue weighted by Gasteiger charge is -2.34. The van der Waals surface area contributed by atoms with Gasteiger partial charge in [-0.15, -0.1) is 0 Å². The van der Waals surface area contributed by atoms with Gasteiger partial charge in [0.05, 0.1) is 7.11 Å². The fourth-order valence-corrected chi connectivity index (χ4v) is 4.24. The van der Waals surface area contributed by atoms with E-state index in [0.29, 0.717) is 0 Å². The number of anilines is 1. The van der Waals surface area contributed by atoms with Gasteiger partial charge < -0.3 is 15.4 Å². The molecule has 2 aliphatic carbocycles. The zero-order valence-electron chi connectivity index (χ0n) is 14.8. The highest BCUT2D eigenvalue weighted by Gasteiger charge is 2.40. The zero-order chi connectivity index (χ0) is 17.4. The molecule has 1 atom stereocenters. The maximum absolute atomic E-state index is 12.0. The van der Waals surface area contributed by atoms with Crippen molar-refractivity contribution < 1.29 is 9.53 Å². The largest absolute Gasteiger partial charge is 0.497 e. The van der Waals surface area contributed by atoms with Gasteiger partial charge in [0.2, 0.25) is 5.91 Å². The van der Waals surface area contributed by atoms with Crippen molar-refractivity contribution in [1.29, 1.82) is 0 Å². The standard InChI is InChI=1S/C21H24N2O2/c1-14(24)22-21(11-10-16-7-9-19(25-2)13-20(16)21)23-18-8-6-15-4-3-5-17(15)12-18/h6-9,12-13,23H,3-5,10-11H2,1-2H3,(H,22,24). The van der Waals surface area contributed by atoms with E-state index in [1.165, 1.54) is 29.5 Å². The van der Waals surface area contributed by atoms with E-state index in [-0.39, 0.29) is 5.91 Å². The fraction of sp³-hybridized carbons (Fsp3) is 0.381. The minimum Gasteiger partial charge on any atom is -0.497 e. The molecule has 0 bridgehead atoms. The highest BCUT2D eigenvalue weighted by atomic mass is 16.5. The van der Waals surface area contributed by atoms with E-state index < -0.39 is 5.66 Å². The summed E-state index contributed by atoms with van der Waals surface area (Å²) in [6.45, 7) is 1.57. The number of hydrogen-bond acceptors (Lipinski definition) is 3. The molecule has 4 heteroatoms. The summed E-state index contributed by atoms with van der Waals surface area (Å²) in [5, 5.41) is 6.81. The Hall–Kier alpha value is -2.49. The number of carbonyl (C=O) groups excluding carboxylic acids is 1. The van der Waals surface area contributed by atoms with E-state index in [2.05, 4.69) is 34.9 Å². The Balaban J connectivity index is 1.74. The molecule has 0 radical (unpaired) electrons. The summed E-state index contributed by atoms with van der Waals surface area (Å²) in [5.41, 5.74) is 5.71. The fourth-order valence-electron chi connectivity index (χ4n) is 4.24. The first-order chi connectivity index (χ1) is 12.1. The summed E-state index contributed by atoms with van der Waals surface area (Å²) in [5.74, 6) is 0.774. The third kappa shape index (κ3) is 2.86. The van der Waals surface area contributed by atoms with Crippen LogP contribution < -0.4 is 15.4 Å². The number of amides is 1. The van der Waals surface area contributed by atoms with Crippen LogP contribution in [0.2, 0.25) is 0 Å². The van der Waals surface area contributed by atoms with Crippen LogP contribution in [0.5, 0.6) is 5.75 Å². The summed E-state index contributed by atoms with van der Waals surface area (Å²) in [6.07, 6.45) is 5.30. The van der Waals surface area contributed by atoms with Gasteiger partial charge in [-0.3, -0.25) is 4.79 Å². The molecule has 2 aromatic carbocycles. The Bertz CT molecular complexity index is 831. The molecular formula is C21H24N2O2. The van der Waals surface area contributed by atoms with E-state index in [9.17, 15) is 4.79 Å². The molecule has 2 N–H and O–H groups in total. The van der Waals surface area contributed by atoms with E-state index in [0.717, 1.165) is 36.3 Å². The molecule has 0 fully saturated rings. The van der Waals surface area contributed by atoms with Crippen molar-refractivity contribution in [2.45, 2.75) is 44.7 Å². The lowest BCUT2D eigenvalue weighted by Crippen LogP contribution is -2.49. The first kappa shape index (κ1) is 16.0. The summed E-state index contributed by atoms with van der Waals surface area (Å²) in [6, 6.07) is 12.7. The van der Waals surface area contributed by atoms with Crippen LogP contribution in [-0.4, -0.2) is 13.0 Å². The van der Waals surface area contributed by atoms with Crippen molar-refractivity contribution in [3.63, 3.8) is 0 Å². The van der Waals surface area contributed by atoms with Gasteiger partial charge in [0.1, 0.15) is 11.4 Å². The van der Waals surface area contributed by atoms with Gasteiger partial charge >= 0.3 is 0 Å². The van der Waals surface area contributed by atoms with Gasteiger partial charge in [-0.25, -0.2) is 0 Å². The van der Waals surface area contributed by atoms with Crippen LogP contribution in [0.1, 0.15) is 42.0 Å². The van der Waals surface area contributed by atoms with Crippen molar-refractivity contribution in [3.8, 4) is 5.75 Å². The minimum absolute atomic E-state index is 0.0377. The molecule has 1 amide bonds. The van der Waals surface area contributed by atoms with E-state index in [1.54, 1.807) is 14.0 Å². The highest BCUT2D eigenvalue weighted by molar-refractivity contribution is 5.75. The van der Waals surface area contributed by atoms with Gasteiger partial charge in [-0.05, 0) is 73.1 Å². The average Bonchev–Trinajstić information content (AvgIpc) is 3.19. The summed E-state index contributed by atoms with van der Waals surface area (Å²) >= 11 is 0. The second-order valence-corrected chi connectivity index (χ2v) is 7.07. The molecule has 0 saturated heterocycles. The maximum atomic E-state index is 12.0. The molecular weight excluding hydrogens is 312 g/mol. The number of ether oxygens (including phenoxy) is 1. The van der Waals surface area contributed by atoms with Gasteiger partial charge in [0.15, 0.2) is 0 Å². The van der Waals surface area contributed by atoms with Gasteiger partial charge in [0.25, 0.3) is 0 Å². The van der Waals surface area contributed by atoms with Crippen LogP contribution >= 0.6 is 0 Å². The quantitative estimate of drug-likeness (QED) is 0.840. The smallest absolute Gasteiger partial charge is 0.218 e. The van der Waals surface area contributed by atoms with Crippen LogP contribution in [0.25, 0.3) is 0 Å². The Morgan fingerprint density at radius 1 is 1.04 bits per heavy atom. The lowest BCUT2D eigenvalue weighted by molar-refractivity contribution is -0.120. The molecule has 4 rings (SSSR count). The molecule has 0 heterocycles. The molecule has 0 aromatic heterocycles. The third-order valence-electron chi connectivity index (χ3n) is 5.39. The topological polar surface area (TPSA) is 50.4 Å². The Morgan fingerprint density at radius 2 is 1.84 bits per heavy atom. The minimum atomic E-state index is -0.581. The lowest BCUT2D eigenvalue weighted by atomic mass is 9.99. The number of aryl methyl sites for hydroxylation is 3. The normalized spacial score (nSPS) is 20.7. The molecule has 0 aliphatic heterocycles. The monoisotopic (exact) mass is 336 g/mol. The molecule has 4 nitrogen and oxygen atoms in total. The highest BCUT2D eigenvalue weighted by Crippen LogP contribution is 2.40. The van der Waals surface area contributed by atoms with Crippen LogP contribution in [0.3, 0.4) is 0 Å². The second kappa shape index (κ2) is 6.10. The van der Waals surface area contributed by atoms with Crippen LogP contribution in [0.4, 0.5) is 5.69 Å². The van der Waals surface area contributed by atoms with Crippen LogP contribution in [0, 0.1) is 0 Å². The van der Waals surface area contributed by atoms with Gasteiger partial charge in [-0.1, -0.05) is 12.1 Å². The number of benzene rings is 2. The van der Waals surface area contributed by atoms with Crippen molar-refractivity contribution in [2.75, 3.05) is 12.4 Å². The number of fused-ring (bicyclic) bond motifs is 2. The molecule has 130 valence electrons. The predicted molar refractivity (Wildman–Crippen MR) is 98.9 cm³/mol. The number of carbonyl (C=O) groups is 1. The predicted octanol–water partition coefficient (Wildman–Crippen LogP) is 3.53. The van der Waals surface area contributed by atoms with Crippen molar-refractivity contribution in [3.05, 3.63) is 58.7 Å². The zero-order valence-corrected chi connectivity index (χ0v) is 14.8. The van der Waals surface area contributed by atoms with Crippen LogP contribution in [0.15, 0.2) is 36.4 Å². The number of nitrogens with one attached hydrogen (secondary N) is 2. The SMILES string of the molecule is COc1ccc2c(c1)C(NC(C)=O)(Nc1ccc3c(c1)CCC3)CC2. The second-order valence-electron chi connectivity index (χ2n) is 7.07. The van der Waals surface area contributed by atoms with Gasteiger partial charge in [0, 0.05) is 18.2 Å². The van der Waals surface area contributed by atoms with Crippen molar-refractivity contribution in [1.82, 2.24) is 5.32 Å². The summed E-state index contributed by atoms with van der Waals surface area (Å²) in [4.78, 5) is 12.0. The molecule has 2 aromatic rings. The Morgan fingerprint density at radius 3 is 2.64 bits per heavy atom. The molecule has 0 saturated carbocycles. The molecule has 1 unspecified atom stereocenters. The molecule has 0 spiro atoms. The Kier molecular flexibility index (Phi) is 3.91. The van der Waals surface area contributed by atoms with Crippen molar-refractivity contribution in [2.24, 2.45) is 0 Å². The summed E-state index contributed by atoms with van der Waals surface area (Å²) < 4.78 is 5.41. The maximum Gasteiger partial charge on any atom is 0.218 e. The first-order valence-corrected chi connectivity index (χ1v) is 8.96. The first-order valence-electron chi connectivity index (χ1n) is 8.96. The van der Waals surface area contributed by atoms with E-state index >= 15 is 0 Å². The van der Waals surface area contributed by atoms with Crippen molar-refractivity contribution >= 4 is 11.6 Å². The van der Waals surface area contributed by atoms with Gasteiger partial charge in [-0.2, -0.15) is 0 Å². The number of rotatable bonds is 4. The van der Waals surface area contributed by atoms with E-state index in [1.807, 2.05) is 12.1 Å². The Labute approximate surface area is 148 Å². The number of hydrogen-bond donors (Lipinski definition) is 2. The van der Waals surface area contributed by atoms with E-state index in [4.69, 9.17) is 4.74 Å². The molecule has 25 heavy (non-hydrogen) atoms. The summed E-state index contributed by atoms with van der Waals surface area (Å²) in [7, 11) is 1.67. The average molecular weight is 336 g/mol. The number of methoxy groups -OCH3 is 1. The molecule has 2 aliphatic rings. The van der Waals surface area contributed by atoms with Crippen LogP contribution in [-0.2, 0) is 29.7 Å². The third-order valence-corrected chi connectivity index (χ3v) is 5.39.